The summed E-state index contributed by atoms with van der Waals surface area (Å²) in [4.78, 5) is 12.4. The number of rotatable bonds is 6. The van der Waals surface area contributed by atoms with Crippen LogP contribution in [-0.4, -0.2) is 23.1 Å². The lowest BCUT2D eigenvalue weighted by atomic mass is 10.4. The Hall–Kier alpha value is -0.980. The van der Waals surface area contributed by atoms with Crippen LogP contribution >= 0.6 is 22.7 Å². The molecular weight excluding hydrogens is 276 g/mol. The maximum Gasteiger partial charge on any atom is 0.185 e. The maximum absolute atomic E-state index is 4.48. The summed E-state index contributed by atoms with van der Waals surface area (Å²) in [6, 6.07) is 0.501. The molecule has 0 spiro atoms. The highest BCUT2D eigenvalue weighted by Crippen LogP contribution is 2.23. The van der Waals surface area contributed by atoms with Gasteiger partial charge in [-0.15, -0.1) is 22.7 Å². The highest BCUT2D eigenvalue weighted by Gasteiger charge is 2.09. The largest absolute Gasteiger partial charge is 0.345 e. The number of thiazole rings is 2. The quantitative estimate of drug-likeness (QED) is 0.889. The zero-order chi connectivity index (χ0) is 13.8. The molecular formula is C13H20N4S2. The molecule has 104 valence electrons. The van der Waals surface area contributed by atoms with Gasteiger partial charge in [0.2, 0.25) is 0 Å². The van der Waals surface area contributed by atoms with Crippen molar-refractivity contribution in [2.24, 2.45) is 0 Å². The molecule has 0 saturated heterocycles. The number of nitrogens with one attached hydrogen (secondary N) is 1. The van der Waals surface area contributed by atoms with Crippen molar-refractivity contribution in [3.63, 3.8) is 0 Å². The Labute approximate surface area is 122 Å². The monoisotopic (exact) mass is 296 g/mol. The molecule has 0 fully saturated rings. The van der Waals surface area contributed by atoms with E-state index in [4.69, 9.17) is 0 Å². The van der Waals surface area contributed by atoms with Gasteiger partial charge in [-0.1, -0.05) is 13.8 Å². The van der Waals surface area contributed by atoms with E-state index in [1.54, 1.807) is 22.7 Å². The minimum absolute atomic E-state index is 0.501. The molecule has 0 aliphatic rings. The van der Waals surface area contributed by atoms with E-state index in [0.29, 0.717) is 6.04 Å². The molecule has 0 bridgehead atoms. The molecule has 2 aromatic heterocycles. The van der Waals surface area contributed by atoms with Crippen LogP contribution in [0.4, 0.5) is 5.13 Å². The van der Waals surface area contributed by atoms with Crippen LogP contribution in [0, 0.1) is 6.92 Å². The lowest BCUT2D eigenvalue weighted by Crippen LogP contribution is -2.21. The third kappa shape index (κ3) is 4.26. The molecule has 19 heavy (non-hydrogen) atoms. The van der Waals surface area contributed by atoms with Gasteiger partial charge in [-0.3, -0.25) is 0 Å². The Morgan fingerprint density at radius 1 is 1.42 bits per heavy atom. The number of nitrogens with zero attached hydrogens (tertiary/aromatic N) is 3. The van der Waals surface area contributed by atoms with Crippen LogP contribution in [0.15, 0.2) is 11.6 Å². The summed E-state index contributed by atoms with van der Waals surface area (Å²) < 4.78 is 0. The fourth-order valence-corrected chi connectivity index (χ4v) is 3.08. The van der Waals surface area contributed by atoms with Gasteiger partial charge < -0.3 is 10.2 Å². The molecule has 2 aromatic rings. The van der Waals surface area contributed by atoms with E-state index in [1.165, 1.54) is 4.88 Å². The summed E-state index contributed by atoms with van der Waals surface area (Å²) >= 11 is 3.43. The summed E-state index contributed by atoms with van der Waals surface area (Å²) in [7, 11) is 2.06. The van der Waals surface area contributed by atoms with E-state index < -0.39 is 0 Å². The topological polar surface area (TPSA) is 41.1 Å². The van der Waals surface area contributed by atoms with Crippen LogP contribution in [-0.2, 0) is 13.1 Å². The zero-order valence-corrected chi connectivity index (χ0v) is 13.4. The Bertz CT molecular complexity index is 518. The molecule has 2 rings (SSSR count). The first-order valence-corrected chi connectivity index (χ1v) is 8.04. The van der Waals surface area contributed by atoms with Crippen molar-refractivity contribution in [1.82, 2.24) is 15.3 Å². The number of hydrogen-bond donors (Lipinski definition) is 1. The Morgan fingerprint density at radius 2 is 2.21 bits per heavy atom. The van der Waals surface area contributed by atoms with Crippen molar-refractivity contribution in [2.75, 3.05) is 11.9 Å². The summed E-state index contributed by atoms with van der Waals surface area (Å²) in [5.41, 5.74) is 1.11. The second-order valence-corrected chi connectivity index (χ2v) is 7.01. The Balaban J connectivity index is 1.94. The molecule has 0 amide bonds. The van der Waals surface area contributed by atoms with Gasteiger partial charge in [-0.25, -0.2) is 9.97 Å². The molecule has 4 nitrogen and oxygen atoms in total. The first kappa shape index (κ1) is 14.4. The van der Waals surface area contributed by atoms with Crippen LogP contribution in [0.3, 0.4) is 0 Å². The highest BCUT2D eigenvalue weighted by molar-refractivity contribution is 7.15. The fourth-order valence-electron chi connectivity index (χ4n) is 1.65. The molecule has 2 heterocycles. The third-order valence-electron chi connectivity index (χ3n) is 2.62. The van der Waals surface area contributed by atoms with Crippen molar-refractivity contribution in [2.45, 2.75) is 39.9 Å². The van der Waals surface area contributed by atoms with E-state index in [0.717, 1.165) is 28.9 Å². The Morgan fingerprint density at radius 3 is 2.84 bits per heavy atom. The predicted molar refractivity (Wildman–Crippen MR) is 83.0 cm³/mol. The fraction of sp³-hybridized carbons (Fsp3) is 0.538. The number of aryl methyl sites for hydroxylation is 1. The number of aromatic nitrogens is 2. The number of hydrogen-bond acceptors (Lipinski definition) is 6. The second kappa shape index (κ2) is 6.45. The van der Waals surface area contributed by atoms with Gasteiger partial charge >= 0.3 is 0 Å². The van der Waals surface area contributed by atoms with Crippen molar-refractivity contribution in [3.05, 3.63) is 27.2 Å². The average Bonchev–Trinajstić information content (AvgIpc) is 2.95. The van der Waals surface area contributed by atoms with Crippen LogP contribution in [0.5, 0.6) is 0 Å². The van der Waals surface area contributed by atoms with Gasteiger partial charge in [0.15, 0.2) is 5.13 Å². The molecule has 0 saturated carbocycles. The molecule has 0 radical (unpaired) electrons. The maximum atomic E-state index is 4.48. The third-order valence-corrected chi connectivity index (χ3v) is 4.55. The van der Waals surface area contributed by atoms with Crippen molar-refractivity contribution in [3.8, 4) is 0 Å². The number of anilines is 1. The standard InChI is InChI=1S/C13H20N4S2/c1-9(2)14-5-12-6-15-13(19-12)17(4)7-11-8-18-10(3)16-11/h6,8-9,14H,5,7H2,1-4H3. The summed E-state index contributed by atoms with van der Waals surface area (Å²) in [5.74, 6) is 0. The minimum Gasteiger partial charge on any atom is -0.345 e. The minimum atomic E-state index is 0.501. The van der Waals surface area contributed by atoms with E-state index >= 15 is 0 Å². The molecule has 1 N–H and O–H groups in total. The molecule has 0 unspecified atom stereocenters. The SMILES string of the molecule is Cc1nc(CN(C)c2ncc(CNC(C)C)s2)cs1. The van der Waals surface area contributed by atoms with Gasteiger partial charge in [-0.05, 0) is 6.92 Å². The van der Waals surface area contributed by atoms with Gasteiger partial charge in [0, 0.05) is 36.1 Å². The van der Waals surface area contributed by atoms with Gasteiger partial charge in [-0.2, -0.15) is 0 Å². The van der Waals surface area contributed by atoms with Crippen LogP contribution < -0.4 is 10.2 Å². The van der Waals surface area contributed by atoms with E-state index in [2.05, 4.69) is 46.5 Å². The van der Waals surface area contributed by atoms with E-state index in [1.807, 2.05) is 13.1 Å². The smallest absolute Gasteiger partial charge is 0.185 e. The molecule has 6 heteroatoms. The molecule has 0 atom stereocenters. The Kier molecular flexibility index (Phi) is 4.90. The first-order chi connectivity index (χ1) is 9.04. The molecule has 0 aliphatic carbocycles. The van der Waals surface area contributed by atoms with Gasteiger partial charge in [0.25, 0.3) is 0 Å². The van der Waals surface area contributed by atoms with Crippen molar-refractivity contribution < 1.29 is 0 Å². The normalized spacial score (nSPS) is 11.2. The van der Waals surface area contributed by atoms with Crippen LogP contribution in [0.1, 0.15) is 29.4 Å². The lowest BCUT2D eigenvalue weighted by Gasteiger charge is -2.13. The lowest BCUT2D eigenvalue weighted by molar-refractivity contribution is 0.593. The highest BCUT2D eigenvalue weighted by atomic mass is 32.1. The zero-order valence-electron chi connectivity index (χ0n) is 11.8. The molecule has 0 aromatic carbocycles. The van der Waals surface area contributed by atoms with E-state index in [-0.39, 0.29) is 0 Å². The first-order valence-electron chi connectivity index (χ1n) is 6.35. The average molecular weight is 296 g/mol. The van der Waals surface area contributed by atoms with Crippen LogP contribution in [0.2, 0.25) is 0 Å². The van der Waals surface area contributed by atoms with Crippen molar-refractivity contribution in [1.29, 1.82) is 0 Å². The summed E-state index contributed by atoms with van der Waals surface area (Å²) in [6.07, 6.45) is 1.96. The van der Waals surface area contributed by atoms with Gasteiger partial charge in [0.05, 0.1) is 17.2 Å². The van der Waals surface area contributed by atoms with Crippen molar-refractivity contribution >= 4 is 27.8 Å². The predicted octanol–water partition coefficient (Wildman–Crippen LogP) is 3.04. The summed E-state index contributed by atoms with van der Waals surface area (Å²) in [6.45, 7) is 8.04. The second-order valence-electron chi connectivity index (χ2n) is 4.86. The van der Waals surface area contributed by atoms with Crippen LogP contribution in [0.25, 0.3) is 0 Å². The van der Waals surface area contributed by atoms with Gasteiger partial charge in [0.1, 0.15) is 0 Å². The molecule has 0 aliphatic heterocycles. The van der Waals surface area contributed by atoms with E-state index in [9.17, 15) is 0 Å². The summed E-state index contributed by atoms with van der Waals surface area (Å²) in [5, 5.41) is 7.68.